The normalized spacial score (nSPS) is 34.4. The number of nitrogens with one attached hydrogen (secondary N) is 1. The van der Waals surface area contributed by atoms with Crippen molar-refractivity contribution >= 4 is 11.8 Å². The number of carbonyl (C=O) groups excluding carboxylic acids is 2. The molecule has 18 heavy (non-hydrogen) atoms. The van der Waals surface area contributed by atoms with E-state index in [1.54, 1.807) is 0 Å². The first-order chi connectivity index (χ1) is 8.42. The fourth-order valence-electron chi connectivity index (χ4n) is 2.94. The van der Waals surface area contributed by atoms with Gasteiger partial charge >= 0.3 is 0 Å². The lowest BCUT2D eigenvalue weighted by atomic mass is 10.0. The van der Waals surface area contributed by atoms with Crippen molar-refractivity contribution in [1.82, 2.24) is 10.2 Å². The van der Waals surface area contributed by atoms with Crippen LogP contribution in [0.25, 0.3) is 0 Å². The molecule has 1 heterocycles. The van der Waals surface area contributed by atoms with Crippen LogP contribution in [0.4, 0.5) is 0 Å². The SMILES string of the molecule is CCCC1NC(=O)C(CC)N(C2CC2(C)C)C1=O. The van der Waals surface area contributed by atoms with Crippen molar-refractivity contribution in [1.29, 1.82) is 0 Å². The highest BCUT2D eigenvalue weighted by atomic mass is 16.2. The van der Waals surface area contributed by atoms with Gasteiger partial charge in [-0.15, -0.1) is 0 Å². The zero-order chi connectivity index (χ0) is 13.5. The maximum absolute atomic E-state index is 12.5. The van der Waals surface area contributed by atoms with Crippen LogP contribution < -0.4 is 5.32 Å². The van der Waals surface area contributed by atoms with Crippen LogP contribution in [-0.4, -0.2) is 34.8 Å². The average molecular weight is 252 g/mol. The number of carbonyl (C=O) groups is 2. The van der Waals surface area contributed by atoms with Crippen LogP contribution in [0.15, 0.2) is 0 Å². The molecule has 3 unspecified atom stereocenters. The second kappa shape index (κ2) is 4.56. The summed E-state index contributed by atoms with van der Waals surface area (Å²) < 4.78 is 0. The molecule has 102 valence electrons. The van der Waals surface area contributed by atoms with Gasteiger partial charge in [-0.2, -0.15) is 0 Å². The van der Waals surface area contributed by atoms with Gasteiger partial charge in [-0.05, 0) is 24.7 Å². The van der Waals surface area contributed by atoms with Gasteiger partial charge in [-0.25, -0.2) is 0 Å². The first-order valence-corrected chi connectivity index (χ1v) is 7.05. The summed E-state index contributed by atoms with van der Waals surface area (Å²) in [7, 11) is 0. The van der Waals surface area contributed by atoms with E-state index in [9.17, 15) is 9.59 Å². The van der Waals surface area contributed by atoms with Crippen LogP contribution in [-0.2, 0) is 9.59 Å². The van der Waals surface area contributed by atoms with E-state index in [4.69, 9.17) is 0 Å². The fourth-order valence-corrected chi connectivity index (χ4v) is 2.94. The van der Waals surface area contributed by atoms with E-state index in [-0.39, 0.29) is 35.4 Å². The van der Waals surface area contributed by atoms with Crippen LogP contribution in [0.5, 0.6) is 0 Å². The van der Waals surface area contributed by atoms with E-state index in [1.165, 1.54) is 0 Å². The van der Waals surface area contributed by atoms with Gasteiger partial charge < -0.3 is 10.2 Å². The molecule has 0 radical (unpaired) electrons. The highest BCUT2D eigenvalue weighted by Crippen LogP contribution is 2.50. The Morgan fingerprint density at radius 2 is 1.94 bits per heavy atom. The van der Waals surface area contributed by atoms with E-state index in [2.05, 4.69) is 19.2 Å². The van der Waals surface area contributed by atoms with Crippen LogP contribution in [0.1, 0.15) is 53.4 Å². The Labute approximate surface area is 109 Å². The van der Waals surface area contributed by atoms with Gasteiger partial charge in [0.1, 0.15) is 12.1 Å². The molecule has 1 saturated carbocycles. The molecule has 1 saturated heterocycles. The monoisotopic (exact) mass is 252 g/mol. The second-order valence-corrected chi connectivity index (χ2v) is 6.23. The van der Waals surface area contributed by atoms with Gasteiger partial charge in [0.05, 0.1) is 0 Å². The maximum atomic E-state index is 12.5. The molecule has 0 aromatic carbocycles. The number of nitrogens with zero attached hydrogens (tertiary/aromatic N) is 1. The zero-order valence-electron chi connectivity index (χ0n) is 11.8. The molecule has 2 rings (SSSR count). The van der Waals surface area contributed by atoms with Gasteiger partial charge in [0.25, 0.3) is 0 Å². The first kappa shape index (κ1) is 13.4. The molecule has 0 spiro atoms. The molecule has 2 fully saturated rings. The highest BCUT2D eigenvalue weighted by Gasteiger charge is 2.55. The first-order valence-electron chi connectivity index (χ1n) is 7.05. The smallest absolute Gasteiger partial charge is 0.246 e. The van der Waals surface area contributed by atoms with Crippen molar-refractivity contribution in [2.24, 2.45) is 5.41 Å². The molecule has 0 bridgehead atoms. The summed E-state index contributed by atoms with van der Waals surface area (Å²) in [4.78, 5) is 26.5. The largest absolute Gasteiger partial charge is 0.343 e. The maximum Gasteiger partial charge on any atom is 0.246 e. The van der Waals surface area contributed by atoms with Crippen LogP contribution in [0.2, 0.25) is 0 Å². The predicted molar refractivity (Wildman–Crippen MR) is 69.9 cm³/mol. The standard InChI is InChI=1S/C14H24N2O2/c1-5-7-9-13(18)16(11-8-14(11,3)4)10(6-2)12(17)15-9/h9-11H,5-8H2,1-4H3,(H,15,17). The number of hydrogen-bond acceptors (Lipinski definition) is 2. The Bertz CT molecular complexity index is 365. The van der Waals surface area contributed by atoms with Crippen molar-refractivity contribution in [2.45, 2.75) is 71.5 Å². The lowest BCUT2D eigenvalue weighted by molar-refractivity contribution is -0.151. The van der Waals surface area contributed by atoms with Crippen LogP contribution in [0.3, 0.4) is 0 Å². The molecular weight excluding hydrogens is 228 g/mol. The molecule has 1 N–H and O–H groups in total. The van der Waals surface area contributed by atoms with Gasteiger partial charge in [0, 0.05) is 6.04 Å². The van der Waals surface area contributed by atoms with Crippen molar-refractivity contribution in [2.75, 3.05) is 0 Å². The molecule has 3 atom stereocenters. The summed E-state index contributed by atoms with van der Waals surface area (Å²) in [6.07, 6.45) is 3.37. The quantitative estimate of drug-likeness (QED) is 0.827. The van der Waals surface area contributed by atoms with Gasteiger partial charge in [-0.3, -0.25) is 9.59 Å². The van der Waals surface area contributed by atoms with E-state index >= 15 is 0 Å². The molecule has 1 aliphatic heterocycles. The second-order valence-electron chi connectivity index (χ2n) is 6.23. The van der Waals surface area contributed by atoms with E-state index in [0.717, 1.165) is 19.3 Å². The molecule has 4 heteroatoms. The van der Waals surface area contributed by atoms with Gasteiger partial charge in [0.15, 0.2) is 0 Å². The van der Waals surface area contributed by atoms with Crippen molar-refractivity contribution < 1.29 is 9.59 Å². The van der Waals surface area contributed by atoms with Gasteiger partial charge in [-0.1, -0.05) is 34.1 Å². The Morgan fingerprint density at radius 3 is 2.39 bits per heavy atom. The molecule has 0 aromatic heterocycles. The predicted octanol–water partition coefficient (Wildman–Crippen LogP) is 1.69. The van der Waals surface area contributed by atoms with Crippen LogP contribution in [0, 0.1) is 5.41 Å². The van der Waals surface area contributed by atoms with Gasteiger partial charge in [0.2, 0.25) is 11.8 Å². The summed E-state index contributed by atoms with van der Waals surface area (Å²) in [5.41, 5.74) is 0.178. The minimum atomic E-state index is -0.304. The van der Waals surface area contributed by atoms with E-state index < -0.39 is 0 Å². The Hall–Kier alpha value is -1.06. The van der Waals surface area contributed by atoms with E-state index in [1.807, 2.05) is 18.7 Å². The van der Waals surface area contributed by atoms with Crippen molar-refractivity contribution in [3.05, 3.63) is 0 Å². The molecule has 1 aliphatic carbocycles. The van der Waals surface area contributed by atoms with E-state index in [0.29, 0.717) is 6.42 Å². The molecule has 4 nitrogen and oxygen atoms in total. The topological polar surface area (TPSA) is 49.4 Å². The minimum Gasteiger partial charge on any atom is -0.343 e. The molecule has 2 aliphatic rings. The summed E-state index contributed by atoms with van der Waals surface area (Å²) in [5.74, 6) is 0.150. The third-order valence-corrected chi connectivity index (χ3v) is 4.27. The summed E-state index contributed by atoms with van der Waals surface area (Å²) in [6.45, 7) is 8.34. The lowest BCUT2D eigenvalue weighted by Gasteiger charge is -2.39. The Morgan fingerprint density at radius 1 is 1.33 bits per heavy atom. The number of piperazine rings is 1. The van der Waals surface area contributed by atoms with Crippen molar-refractivity contribution in [3.63, 3.8) is 0 Å². The molecular formula is C14H24N2O2. The van der Waals surface area contributed by atoms with Crippen LogP contribution >= 0.6 is 0 Å². The molecule has 2 amide bonds. The third kappa shape index (κ3) is 2.13. The number of hydrogen-bond donors (Lipinski definition) is 1. The Kier molecular flexibility index (Phi) is 3.39. The lowest BCUT2D eigenvalue weighted by Crippen LogP contribution is -2.64. The average Bonchev–Trinajstić information content (AvgIpc) is 2.91. The summed E-state index contributed by atoms with van der Waals surface area (Å²) in [5, 5.41) is 2.88. The number of amides is 2. The zero-order valence-corrected chi connectivity index (χ0v) is 11.8. The minimum absolute atomic E-state index is 0.0262. The number of rotatable bonds is 4. The third-order valence-electron chi connectivity index (χ3n) is 4.27. The molecule has 0 aromatic rings. The highest BCUT2D eigenvalue weighted by molar-refractivity contribution is 5.97. The Balaban J connectivity index is 2.20. The van der Waals surface area contributed by atoms with Crippen molar-refractivity contribution in [3.8, 4) is 0 Å². The summed E-state index contributed by atoms with van der Waals surface area (Å²) >= 11 is 0. The fraction of sp³-hybridized carbons (Fsp3) is 0.857. The summed E-state index contributed by atoms with van der Waals surface area (Å²) in [6, 6.07) is -0.320.